The van der Waals surface area contributed by atoms with E-state index < -0.39 is 55.5 Å². The van der Waals surface area contributed by atoms with Gasteiger partial charge in [0.1, 0.15) is 24.1 Å². The van der Waals surface area contributed by atoms with Crippen LogP contribution < -0.4 is 19.1 Å². The molecule has 0 aromatic heterocycles. The number of halogens is 1. The van der Waals surface area contributed by atoms with Crippen LogP contribution in [-0.4, -0.2) is 62.4 Å². The van der Waals surface area contributed by atoms with Crippen LogP contribution in [0.3, 0.4) is 0 Å². The van der Waals surface area contributed by atoms with Crippen molar-refractivity contribution in [2.24, 2.45) is 0 Å². The van der Waals surface area contributed by atoms with Crippen LogP contribution in [0.5, 0.6) is 11.5 Å². The fourth-order valence-corrected chi connectivity index (χ4v) is 6.07. The number of nitro groups is 1. The van der Waals surface area contributed by atoms with Crippen molar-refractivity contribution in [2.45, 2.75) is 57.6 Å². The molecule has 1 atom stereocenters. The van der Waals surface area contributed by atoms with Crippen molar-refractivity contribution < 1.29 is 32.4 Å². The van der Waals surface area contributed by atoms with Gasteiger partial charge in [-0.2, -0.15) is 0 Å². The molecule has 242 valence electrons. The molecule has 0 aliphatic carbocycles. The summed E-state index contributed by atoms with van der Waals surface area (Å²) in [4.78, 5) is 39.3. The number of ether oxygens (including phenoxy) is 2. The summed E-state index contributed by atoms with van der Waals surface area (Å²) in [6.45, 7) is 7.56. The monoisotopic (exact) mass is 660 g/mol. The van der Waals surface area contributed by atoms with Gasteiger partial charge in [0.05, 0.1) is 29.7 Å². The quantitative estimate of drug-likeness (QED) is 0.208. The third kappa shape index (κ3) is 8.64. The third-order valence-corrected chi connectivity index (χ3v) is 8.80. The molecule has 2 amide bonds. The Hall–Kier alpha value is -4.36. The summed E-state index contributed by atoms with van der Waals surface area (Å²) < 4.78 is 40.0. The highest BCUT2D eigenvalue weighted by molar-refractivity contribution is 7.92. The first-order chi connectivity index (χ1) is 21.0. The van der Waals surface area contributed by atoms with Gasteiger partial charge in [-0.3, -0.25) is 24.0 Å². The van der Waals surface area contributed by atoms with Gasteiger partial charge in [-0.05, 0) is 76.6 Å². The second-order valence-electron chi connectivity index (χ2n) is 11.3. The molecule has 14 heteroatoms. The number of benzene rings is 3. The molecule has 45 heavy (non-hydrogen) atoms. The average Bonchev–Trinajstić information content (AvgIpc) is 2.97. The molecule has 3 aromatic rings. The first kappa shape index (κ1) is 35.1. The molecule has 0 fully saturated rings. The normalized spacial score (nSPS) is 12.2. The molecular formula is C31H37ClN4O8S. The van der Waals surface area contributed by atoms with Crippen molar-refractivity contribution in [1.82, 2.24) is 10.2 Å². The fraction of sp³-hybridized carbons (Fsp3) is 0.355. The van der Waals surface area contributed by atoms with E-state index >= 15 is 0 Å². The maximum Gasteiger partial charge on any atom is 0.273 e. The number of carbonyl (C=O) groups excluding carboxylic acids is 2. The number of methoxy groups -OCH3 is 2. The molecule has 3 rings (SSSR count). The number of nitrogens with zero attached hydrogens (tertiary/aromatic N) is 3. The van der Waals surface area contributed by atoms with Gasteiger partial charge in [-0.25, -0.2) is 8.42 Å². The van der Waals surface area contributed by atoms with Crippen molar-refractivity contribution in [3.63, 3.8) is 0 Å². The van der Waals surface area contributed by atoms with E-state index in [2.05, 4.69) is 5.32 Å². The Morgan fingerprint density at radius 2 is 1.73 bits per heavy atom. The topological polar surface area (TPSA) is 148 Å². The Balaban J connectivity index is 2.18. The van der Waals surface area contributed by atoms with E-state index in [-0.39, 0.29) is 28.6 Å². The average molecular weight is 661 g/mol. The summed E-state index contributed by atoms with van der Waals surface area (Å²) in [5, 5.41) is 14.7. The summed E-state index contributed by atoms with van der Waals surface area (Å²) in [7, 11) is -1.82. The summed E-state index contributed by atoms with van der Waals surface area (Å²) in [6, 6.07) is 13.6. The molecule has 0 bridgehead atoms. The van der Waals surface area contributed by atoms with Gasteiger partial charge in [-0.15, -0.1) is 0 Å². The number of carbonyl (C=O) groups is 2. The smallest absolute Gasteiger partial charge is 0.273 e. The minimum atomic E-state index is -4.64. The molecule has 0 radical (unpaired) electrons. The van der Waals surface area contributed by atoms with Gasteiger partial charge in [0.15, 0.2) is 0 Å². The van der Waals surface area contributed by atoms with Crippen LogP contribution in [0.15, 0.2) is 65.6 Å². The molecule has 0 saturated heterocycles. The second-order valence-corrected chi connectivity index (χ2v) is 13.6. The molecule has 1 N–H and O–H groups in total. The molecule has 0 aliphatic rings. The maximum atomic E-state index is 14.2. The lowest BCUT2D eigenvalue weighted by Crippen LogP contribution is -2.54. The number of aryl methyl sites for hydroxylation is 1. The lowest BCUT2D eigenvalue weighted by Gasteiger charge is -2.33. The highest BCUT2D eigenvalue weighted by Gasteiger charge is 2.35. The summed E-state index contributed by atoms with van der Waals surface area (Å²) in [5.74, 6) is -0.583. The molecule has 0 spiro atoms. The lowest BCUT2D eigenvalue weighted by molar-refractivity contribution is -0.385. The molecule has 12 nitrogen and oxygen atoms in total. The van der Waals surface area contributed by atoms with Gasteiger partial charge < -0.3 is 19.7 Å². The number of amides is 2. The van der Waals surface area contributed by atoms with Crippen LogP contribution in [0.1, 0.15) is 38.8 Å². The standard InChI is InChI=1S/C31H37ClN4O8S/c1-20-11-13-25(17-26(20)36(39)40)45(41,42)35(27-16-23(32)12-14-28(27)44-7)19-29(37)34(21(2)30(38)33-31(3,4)5)18-22-9-8-10-24(15-22)43-6/h8-17,21H,18-19H2,1-7H3,(H,33,38)/t21-/m1/s1. The number of nitro benzene ring substituents is 1. The molecule has 0 saturated carbocycles. The van der Waals surface area contributed by atoms with Crippen molar-refractivity contribution in [3.8, 4) is 11.5 Å². The van der Waals surface area contributed by atoms with Gasteiger partial charge in [-0.1, -0.05) is 29.8 Å². The Bertz CT molecular complexity index is 1690. The first-order valence-corrected chi connectivity index (χ1v) is 15.7. The van der Waals surface area contributed by atoms with Crippen molar-refractivity contribution in [3.05, 3.63) is 86.9 Å². The number of hydrogen-bond acceptors (Lipinski definition) is 8. The van der Waals surface area contributed by atoms with E-state index in [0.717, 1.165) is 10.4 Å². The number of hydrogen-bond donors (Lipinski definition) is 1. The fourth-order valence-electron chi connectivity index (χ4n) is 4.47. The third-order valence-electron chi connectivity index (χ3n) is 6.81. The summed E-state index contributed by atoms with van der Waals surface area (Å²) >= 11 is 6.26. The molecule has 0 unspecified atom stereocenters. The SMILES string of the molecule is COc1cccc(CN(C(=O)CN(c2cc(Cl)ccc2OC)S(=O)(=O)c2ccc(C)c([N+](=O)[O-])c2)[C@H](C)C(=O)NC(C)(C)C)c1. The van der Waals surface area contributed by atoms with Crippen LogP contribution in [0.4, 0.5) is 11.4 Å². The van der Waals surface area contributed by atoms with Gasteiger partial charge in [0, 0.05) is 28.7 Å². The van der Waals surface area contributed by atoms with E-state index in [1.54, 1.807) is 52.0 Å². The lowest BCUT2D eigenvalue weighted by atomic mass is 10.1. The van der Waals surface area contributed by atoms with Gasteiger partial charge >= 0.3 is 0 Å². The van der Waals surface area contributed by atoms with Crippen LogP contribution >= 0.6 is 11.6 Å². The van der Waals surface area contributed by atoms with Crippen LogP contribution in [0.2, 0.25) is 5.02 Å². The van der Waals surface area contributed by atoms with Crippen molar-refractivity contribution in [1.29, 1.82) is 0 Å². The van der Waals surface area contributed by atoms with Crippen LogP contribution in [0.25, 0.3) is 0 Å². The predicted molar refractivity (Wildman–Crippen MR) is 171 cm³/mol. The summed E-state index contributed by atoms with van der Waals surface area (Å²) in [5.41, 5.74) is -0.214. The first-order valence-electron chi connectivity index (χ1n) is 13.8. The highest BCUT2D eigenvalue weighted by Crippen LogP contribution is 2.36. The molecule has 3 aromatic carbocycles. The highest BCUT2D eigenvalue weighted by atomic mass is 35.5. The number of anilines is 1. The molecular weight excluding hydrogens is 624 g/mol. The number of nitrogens with one attached hydrogen (secondary N) is 1. The Labute approximate surface area is 268 Å². The van der Waals surface area contributed by atoms with E-state index in [4.69, 9.17) is 21.1 Å². The zero-order chi connectivity index (χ0) is 33.7. The Morgan fingerprint density at radius 1 is 1.04 bits per heavy atom. The van der Waals surface area contributed by atoms with Gasteiger partial charge in [0.2, 0.25) is 11.8 Å². The zero-order valence-electron chi connectivity index (χ0n) is 26.2. The van der Waals surface area contributed by atoms with Crippen LogP contribution in [0, 0.1) is 17.0 Å². The Morgan fingerprint density at radius 3 is 2.33 bits per heavy atom. The minimum Gasteiger partial charge on any atom is -0.497 e. The van der Waals surface area contributed by atoms with E-state index in [0.29, 0.717) is 11.3 Å². The van der Waals surface area contributed by atoms with Crippen molar-refractivity contribution >= 4 is 44.8 Å². The second kappa shape index (κ2) is 14.2. The predicted octanol–water partition coefficient (Wildman–Crippen LogP) is 5.10. The summed E-state index contributed by atoms with van der Waals surface area (Å²) in [6.07, 6.45) is 0. The van der Waals surface area contributed by atoms with E-state index in [1.165, 1.54) is 56.4 Å². The maximum absolute atomic E-state index is 14.2. The van der Waals surface area contributed by atoms with Gasteiger partial charge in [0.25, 0.3) is 15.7 Å². The largest absolute Gasteiger partial charge is 0.497 e. The Kier molecular flexibility index (Phi) is 11.1. The van der Waals surface area contributed by atoms with Crippen molar-refractivity contribution in [2.75, 3.05) is 25.1 Å². The number of rotatable bonds is 12. The van der Waals surface area contributed by atoms with E-state index in [9.17, 15) is 28.1 Å². The molecule has 0 aliphatic heterocycles. The van der Waals surface area contributed by atoms with E-state index in [1.807, 2.05) is 0 Å². The van der Waals surface area contributed by atoms with Crippen LogP contribution in [-0.2, 0) is 26.2 Å². The number of sulfonamides is 1. The minimum absolute atomic E-state index is 0.0642. The molecule has 0 heterocycles. The zero-order valence-corrected chi connectivity index (χ0v) is 27.7.